The van der Waals surface area contributed by atoms with Crippen molar-refractivity contribution in [3.8, 4) is 17.1 Å². The Labute approximate surface area is 161 Å². The highest BCUT2D eigenvalue weighted by atomic mass is 79.9. The number of aromatic hydroxyl groups is 1. The van der Waals surface area contributed by atoms with Gasteiger partial charge in [0.15, 0.2) is 5.69 Å². The number of aliphatic hydroxyl groups excluding tert-OH is 1. The molecule has 0 saturated carbocycles. The minimum atomic E-state index is -0.784. The minimum Gasteiger partial charge on any atom is -0.501 e. The van der Waals surface area contributed by atoms with E-state index in [1.165, 1.54) is 19.5 Å². The van der Waals surface area contributed by atoms with E-state index in [9.17, 15) is 19.8 Å². The zero-order valence-electron chi connectivity index (χ0n) is 14.1. The molecule has 0 atom stereocenters. The number of hydrogen-bond acceptors (Lipinski definition) is 7. The van der Waals surface area contributed by atoms with Gasteiger partial charge in [0.25, 0.3) is 11.5 Å². The van der Waals surface area contributed by atoms with Crippen molar-refractivity contribution in [1.29, 1.82) is 0 Å². The van der Waals surface area contributed by atoms with Gasteiger partial charge in [-0.05, 0) is 18.1 Å². The summed E-state index contributed by atoms with van der Waals surface area (Å²) in [5, 5.41) is 25.4. The molecule has 9 nitrogen and oxygen atoms in total. The molecule has 0 aliphatic carbocycles. The number of amides is 1. The molecule has 2 aromatic heterocycles. The van der Waals surface area contributed by atoms with Gasteiger partial charge >= 0.3 is 0 Å². The van der Waals surface area contributed by atoms with Crippen molar-refractivity contribution in [2.75, 3.05) is 11.9 Å². The second-order valence-corrected chi connectivity index (χ2v) is 6.46. The van der Waals surface area contributed by atoms with Crippen LogP contribution in [-0.4, -0.2) is 37.4 Å². The van der Waals surface area contributed by atoms with Crippen LogP contribution in [0.1, 0.15) is 16.1 Å². The van der Waals surface area contributed by atoms with E-state index >= 15 is 0 Å². The van der Waals surface area contributed by atoms with Crippen LogP contribution in [0.3, 0.4) is 0 Å². The molecule has 1 amide bonds. The van der Waals surface area contributed by atoms with Gasteiger partial charge in [0.1, 0.15) is 17.8 Å². The second-order valence-electron chi connectivity index (χ2n) is 5.60. The average molecular weight is 435 g/mol. The molecule has 0 bridgehead atoms. The van der Waals surface area contributed by atoms with E-state index in [4.69, 9.17) is 0 Å². The summed E-state index contributed by atoms with van der Waals surface area (Å²) >= 11 is 3.42. The molecule has 1 aromatic carbocycles. The smallest absolute Gasteiger partial charge is 0.296 e. The van der Waals surface area contributed by atoms with E-state index in [1.54, 1.807) is 18.2 Å². The van der Waals surface area contributed by atoms with Crippen LogP contribution in [-0.2, 0) is 13.5 Å². The molecule has 3 aromatic rings. The number of halogens is 1. The molecule has 0 aliphatic heterocycles. The summed E-state index contributed by atoms with van der Waals surface area (Å²) in [6.45, 7) is -0.109. The van der Waals surface area contributed by atoms with Crippen molar-refractivity contribution in [2.24, 2.45) is 7.05 Å². The summed E-state index contributed by atoms with van der Waals surface area (Å²) in [5.41, 5.74) is 0.331. The van der Waals surface area contributed by atoms with Crippen molar-refractivity contribution in [1.82, 2.24) is 14.7 Å². The number of carbonyl (C=O) groups is 1. The molecule has 0 saturated heterocycles. The molecule has 0 radical (unpaired) electrons. The average Bonchev–Trinajstić information content (AvgIpc) is 3.15. The van der Waals surface area contributed by atoms with Crippen LogP contribution in [0.15, 0.2) is 44.4 Å². The fourth-order valence-electron chi connectivity index (χ4n) is 2.58. The van der Waals surface area contributed by atoms with Crippen molar-refractivity contribution in [3.63, 3.8) is 0 Å². The quantitative estimate of drug-likeness (QED) is 0.556. The first-order valence-corrected chi connectivity index (χ1v) is 8.62. The summed E-state index contributed by atoms with van der Waals surface area (Å²) in [6.07, 6.45) is 2.78. The summed E-state index contributed by atoms with van der Waals surface area (Å²) in [6, 6.07) is 5.26. The standard InChI is InChI=1S/C17H15BrN4O5/c1-22-15(11-3-2-4-12(18)10(11)5-6-23)21-13(14(24)17(22)26)16(25)20-9-7-19-27-8-9/h2-4,7-8,23-24H,5-6H2,1H3,(H,20,25). The Morgan fingerprint density at radius 3 is 2.85 bits per heavy atom. The fourth-order valence-corrected chi connectivity index (χ4v) is 3.14. The molecule has 27 heavy (non-hydrogen) atoms. The second kappa shape index (κ2) is 7.72. The summed E-state index contributed by atoms with van der Waals surface area (Å²) in [4.78, 5) is 29.1. The summed E-state index contributed by atoms with van der Waals surface area (Å²) < 4.78 is 6.51. The van der Waals surface area contributed by atoms with Crippen LogP contribution >= 0.6 is 15.9 Å². The fraction of sp³-hybridized carbons (Fsp3) is 0.176. The van der Waals surface area contributed by atoms with E-state index in [0.29, 0.717) is 12.0 Å². The third-order valence-corrected chi connectivity index (χ3v) is 4.64. The summed E-state index contributed by atoms with van der Waals surface area (Å²) in [5.74, 6) is -1.37. The van der Waals surface area contributed by atoms with Crippen molar-refractivity contribution >= 4 is 27.5 Å². The lowest BCUT2D eigenvalue weighted by Gasteiger charge is -2.15. The number of nitrogens with one attached hydrogen (secondary N) is 1. The third-order valence-electron chi connectivity index (χ3n) is 3.89. The number of carbonyl (C=O) groups excluding carboxylic acids is 1. The zero-order chi connectivity index (χ0) is 19.6. The van der Waals surface area contributed by atoms with Crippen LogP contribution in [0.4, 0.5) is 5.69 Å². The first-order chi connectivity index (χ1) is 12.9. The molecular weight excluding hydrogens is 420 g/mol. The van der Waals surface area contributed by atoms with E-state index in [2.05, 4.69) is 35.9 Å². The number of aliphatic hydroxyl groups is 1. The van der Waals surface area contributed by atoms with E-state index in [1.807, 2.05) is 0 Å². The van der Waals surface area contributed by atoms with E-state index in [-0.39, 0.29) is 18.1 Å². The van der Waals surface area contributed by atoms with Crippen LogP contribution in [0.25, 0.3) is 11.4 Å². The molecule has 0 spiro atoms. The normalized spacial score (nSPS) is 10.8. The van der Waals surface area contributed by atoms with Gasteiger partial charge in [-0.15, -0.1) is 0 Å². The van der Waals surface area contributed by atoms with Gasteiger partial charge in [0.05, 0.1) is 6.20 Å². The maximum Gasteiger partial charge on any atom is 0.296 e. The number of benzene rings is 1. The maximum absolute atomic E-state index is 12.5. The molecule has 0 unspecified atom stereocenters. The number of rotatable bonds is 5. The lowest BCUT2D eigenvalue weighted by atomic mass is 10.0. The van der Waals surface area contributed by atoms with Gasteiger partial charge < -0.3 is 20.1 Å². The summed E-state index contributed by atoms with van der Waals surface area (Å²) in [7, 11) is 1.44. The van der Waals surface area contributed by atoms with Crippen LogP contribution in [0, 0.1) is 0 Å². The lowest BCUT2D eigenvalue weighted by molar-refractivity contribution is 0.101. The zero-order valence-corrected chi connectivity index (χ0v) is 15.7. The Morgan fingerprint density at radius 2 is 2.19 bits per heavy atom. The highest BCUT2D eigenvalue weighted by Gasteiger charge is 2.22. The Morgan fingerprint density at radius 1 is 1.41 bits per heavy atom. The van der Waals surface area contributed by atoms with Crippen LogP contribution in [0.2, 0.25) is 0 Å². The molecule has 3 rings (SSSR count). The Hall–Kier alpha value is -2.98. The monoisotopic (exact) mass is 434 g/mol. The lowest BCUT2D eigenvalue weighted by Crippen LogP contribution is -2.25. The van der Waals surface area contributed by atoms with Crippen molar-refractivity contribution in [2.45, 2.75) is 6.42 Å². The van der Waals surface area contributed by atoms with Crippen LogP contribution in [0.5, 0.6) is 5.75 Å². The Balaban J connectivity index is 2.15. The molecular formula is C17H15BrN4O5. The van der Waals surface area contributed by atoms with Crippen molar-refractivity contribution in [3.05, 3.63) is 56.7 Å². The predicted octanol–water partition coefficient (Wildman–Crippen LogP) is 1.69. The van der Waals surface area contributed by atoms with Gasteiger partial charge in [0, 0.05) is 23.7 Å². The minimum absolute atomic E-state index is 0.109. The predicted molar refractivity (Wildman–Crippen MR) is 99.5 cm³/mol. The molecule has 0 aliphatic rings. The largest absolute Gasteiger partial charge is 0.501 e. The number of aromatic nitrogens is 3. The molecule has 2 heterocycles. The first-order valence-electron chi connectivity index (χ1n) is 7.83. The molecule has 10 heteroatoms. The SMILES string of the molecule is Cn1c(-c2cccc(Br)c2CCO)nc(C(=O)Nc2cnoc2)c(O)c1=O. The first kappa shape index (κ1) is 18.8. The third kappa shape index (κ3) is 3.62. The van der Waals surface area contributed by atoms with Gasteiger partial charge in [-0.2, -0.15) is 0 Å². The maximum atomic E-state index is 12.5. The van der Waals surface area contributed by atoms with Crippen molar-refractivity contribution < 1.29 is 19.5 Å². The number of nitrogens with zero attached hydrogens (tertiary/aromatic N) is 3. The van der Waals surface area contributed by atoms with E-state index < -0.39 is 22.9 Å². The topological polar surface area (TPSA) is 130 Å². The van der Waals surface area contributed by atoms with E-state index in [0.717, 1.165) is 14.6 Å². The highest BCUT2D eigenvalue weighted by molar-refractivity contribution is 9.10. The van der Waals surface area contributed by atoms with Gasteiger partial charge in [-0.1, -0.05) is 33.2 Å². The van der Waals surface area contributed by atoms with Gasteiger partial charge in [-0.3, -0.25) is 14.2 Å². The van der Waals surface area contributed by atoms with Crippen LogP contribution < -0.4 is 10.9 Å². The number of anilines is 1. The molecule has 3 N–H and O–H groups in total. The van der Waals surface area contributed by atoms with Gasteiger partial charge in [0.2, 0.25) is 5.75 Å². The highest BCUT2D eigenvalue weighted by Crippen LogP contribution is 2.29. The molecule has 140 valence electrons. The Bertz CT molecular complexity index is 1050. The number of hydrogen-bond donors (Lipinski definition) is 3. The Kier molecular flexibility index (Phi) is 5.38. The molecule has 0 fully saturated rings. The van der Waals surface area contributed by atoms with Gasteiger partial charge in [-0.25, -0.2) is 4.98 Å².